The summed E-state index contributed by atoms with van der Waals surface area (Å²) in [4.78, 5) is 12.5. The van der Waals surface area contributed by atoms with E-state index in [0.29, 0.717) is 12.1 Å². The predicted molar refractivity (Wildman–Crippen MR) is 56.5 cm³/mol. The summed E-state index contributed by atoms with van der Waals surface area (Å²) < 4.78 is 12.7. The number of nitrogens with zero attached hydrogens (tertiary/aromatic N) is 1. The number of benzene rings is 1. The van der Waals surface area contributed by atoms with Crippen LogP contribution in [0.15, 0.2) is 24.3 Å². The second-order valence-corrected chi connectivity index (χ2v) is 3.35. The van der Waals surface area contributed by atoms with Gasteiger partial charge in [0.05, 0.1) is 0 Å². The fourth-order valence-electron chi connectivity index (χ4n) is 1.47. The van der Waals surface area contributed by atoms with Crippen molar-refractivity contribution in [2.24, 2.45) is 0 Å². The maximum atomic E-state index is 12.7. The van der Waals surface area contributed by atoms with Crippen LogP contribution >= 0.6 is 0 Å². The molecule has 0 saturated heterocycles. The summed E-state index contributed by atoms with van der Waals surface area (Å²) in [6.07, 6.45) is 0.503. The molecule has 1 N–H and O–H groups in total. The summed E-state index contributed by atoms with van der Waals surface area (Å²) in [5.74, 6) is -1.19. The third-order valence-corrected chi connectivity index (χ3v) is 2.37. The Labute approximate surface area is 88.1 Å². The number of halogens is 1. The Morgan fingerprint density at radius 1 is 1.47 bits per heavy atom. The van der Waals surface area contributed by atoms with Gasteiger partial charge in [0.2, 0.25) is 0 Å². The lowest BCUT2D eigenvalue weighted by Gasteiger charge is -2.25. The van der Waals surface area contributed by atoms with Crippen LogP contribution in [0.1, 0.15) is 13.3 Å². The zero-order chi connectivity index (χ0) is 11.4. The van der Waals surface area contributed by atoms with Crippen LogP contribution in [0.2, 0.25) is 0 Å². The number of hydrogen-bond donors (Lipinski definition) is 1. The van der Waals surface area contributed by atoms with Gasteiger partial charge in [-0.05, 0) is 30.7 Å². The molecule has 1 aromatic rings. The Kier molecular flexibility index (Phi) is 3.66. The highest BCUT2D eigenvalue weighted by Crippen LogP contribution is 2.17. The highest BCUT2D eigenvalue weighted by Gasteiger charge is 2.20. The van der Waals surface area contributed by atoms with Crippen molar-refractivity contribution in [1.82, 2.24) is 0 Å². The first kappa shape index (κ1) is 11.5. The van der Waals surface area contributed by atoms with Gasteiger partial charge in [0, 0.05) is 12.7 Å². The molecule has 0 aliphatic heterocycles. The van der Waals surface area contributed by atoms with Crippen LogP contribution in [-0.4, -0.2) is 24.2 Å². The van der Waals surface area contributed by atoms with Gasteiger partial charge in [-0.1, -0.05) is 6.92 Å². The molecule has 1 atom stereocenters. The van der Waals surface area contributed by atoms with E-state index in [1.165, 1.54) is 12.1 Å². The smallest absolute Gasteiger partial charge is 0.326 e. The van der Waals surface area contributed by atoms with Crippen molar-refractivity contribution >= 4 is 11.7 Å². The minimum atomic E-state index is -0.871. The van der Waals surface area contributed by atoms with Gasteiger partial charge >= 0.3 is 5.97 Å². The molecule has 0 aromatic heterocycles. The van der Waals surface area contributed by atoms with E-state index in [0.717, 1.165) is 0 Å². The topological polar surface area (TPSA) is 40.5 Å². The summed E-state index contributed by atoms with van der Waals surface area (Å²) in [7, 11) is 1.69. The molecular weight excluding hydrogens is 197 g/mol. The molecule has 0 spiro atoms. The molecule has 15 heavy (non-hydrogen) atoms. The predicted octanol–water partition coefficient (Wildman–Crippen LogP) is 2.13. The quantitative estimate of drug-likeness (QED) is 0.829. The number of aliphatic carboxylic acids is 1. The van der Waals surface area contributed by atoms with Crippen molar-refractivity contribution in [2.75, 3.05) is 11.9 Å². The molecular formula is C11H14FNO2. The number of carboxylic acid groups (broad SMARTS) is 1. The van der Waals surface area contributed by atoms with Gasteiger partial charge in [0.1, 0.15) is 11.9 Å². The Balaban J connectivity index is 2.87. The molecule has 0 unspecified atom stereocenters. The Morgan fingerprint density at radius 2 is 2.00 bits per heavy atom. The zero-order valence-electron chi connectivity index (χ0n) is 8.77. The molecule has 0 aliphatic carbocycles. The van der Waals surface area contributed by atoms with E-state index in [1.54, 1.807) is 31.0 Å². The molecule has 3 nitrogen and oxygen atoms in total. The van der Waals surface area contributed by atoms with Crippen LogP contribution in [0.25, 0.3) is 0 Å². The largest absolute Gasteiger partial charge is 0.480 e. The van der Waals surface area contributed by atoms with Gasteiger partial charge in [-0.25, -0.2) is 9.18 Å². The number of hydrogen-bond acceptors (Lipinski definition) is 2. The average Bonchev–Trinajstić information content (AvgIpc) is 2.19. The normalized spacial score (nSPS) is 12.2. The molecule has 4 heteroatoms. The van der Waals surface area contributed by atoms with Crippen LogP contribution in [0, 0.1) is 5.82 Å². The summed E-state index contributed by atoms with van der Waals surface area (Å²) in [5.41, 5.74) is 0.700. The van der Waals surface area contributed by atoms with E-state index >= 15 is 0 Å². The first-order valence-electron chi connectivity index (χ1n) is 4.77. The van der Waals surface area contributed by atoms with Crippen molar-refractivity contribution in [1.29, 1.82) is 0 Å². The lowest BCUT2D eigenvalue weighted by atomic mass is 10.2. The third-order valence-electron chi connectivity index (χ3n) is 2.37. The van der Waals surface area contributed by atoms with E-state index < -0.39 is 12.0 Å². The first-order chi connectivity index (χ1) is 7.06. The Hall–Kier alpha value is -1.58. The number of rotatable bonds is 4. The van der Waals surface area contributed by atoms with E-state index in [2.05, 4.69) is 0 Å². The van der Waals surface area contributed by atoms with E-state index in [-0.39, 0.29) is 5.82 Å². The minimum absolute atomic E-state index is 0.324. The minimum Gasteiger partial charge on any atom is -0.480 e. The molecule has 0 aliphatic rings. The lowest BCUT2D eigenvalue weighted by molar-refractivity contribution is -0.138. The fourth-order valence-corrected chi connectivity index (χ4v) is 1.47. The van der Waals surface area contributed by atoms with Gasteiger partial charge in [0.15, 0.2) is 0 Å². The second kappa shape index (κ2) is 4.77. The Bertz CT molecular complexity index is 337. The molecule has 0 saturated carbocycles. The van der Waals surface area contributed by atoms with E-state index in [1.807, 2.05) is 0 Å². The number of anilines is 1. The molecule has 0 bridgehead atoms. The van der Waals surface area contributed by atoms with Gasteiger partial charge < -0.3 is 10.0 Å². The molecule has 1 rings (SSSR count). The molecule has 0 fully saturated rings. The molecule has 82 valence electrons. The molecule has 0 heterocycles. The summed E-state index contributed by atoms with van der Waals surface area (Å²) in [6, 6.07) is 5.21. The zero-order valence-corrected chi connectivity index (χ0v) is 8.77. The number of likely N-dealkylation sites (N-methyl/N-ethyl adjacent to an activating group) is 1. The summed E-state index contributed by atoms with van der Waals surface area (Å²) in [6.45, 7) is 1.80. The first-order valence-corrected chi connectivity index (χ1v) is 4.77. The maximum Gasteiger partial charge on any atom is 0.326 e. The SMILES string of the molecule is CC[C@@H](C(=O)O)N(C)c1ccc(F)cc1. The highest BCUT2D eigenvalue weighted by atomic mass is 19.1. The lowest BCUT2D eigenvalue weighted by Crippen LogP contribution is -2.37. The van der Waals surface area contributed by atoms with Crippen molar-refractivity contribution in [3.63, 3.8) is 0 Å². The van der Waals surface area contributed by atoms with Gasteiger partial charge in [-0.15, -0.1) is 0 Å². The fraction of sp³-hybridized carbons (Fsp3) is 0.364. The standard InChI is InChI=1S/C11H14FNO2/c1-3-10(11(14)15)13(2)9-6-4-8(12)5-7-9/h4-7,10H,3H2,1-2H3,(H,14,15)/t10-/m0/s1. The summed E-state index contributed by atoms with van der Waals surface area (Å²) in [5, 5.41) is 8.94. The monoisotopic (exact) mass is 211 g/mol. The Morgan fingerprint density at radius 3 is 2.40 bits per heavy atom. The number of carboxylic acids is 1. The van der Waals surface area contributed by atoms with Crippen molar-refractivity contribution < 1.29 is 14.3 Å². The van der Waals surface area contributed by atoms with Gasteiger partial charge in [-0.2, -0.15) is 0 Å². The third kappa shape index (κ3) is 2.68. The number of carbonyl (C=O) groups is 1. The van der Waals surface area contributed by atoms with Crippen LogP contribution in [-0.2, 0) is 4.79 Å². The average molecular weight is 211 g/mol. The molecule has 0 amide bonds. The van der Waals surface area contributed by atoms with Gasteiger partial charge in [0.25, 0.3) is 0 Å². The van der Waals surface area contributed by atoms with Crippen LogP contribution in [0.4, 0.5) is 10.1 Å². The van der Waals surface area contributed by atoms with Crippen LogP contribution in [0.5, 0.6) is 0 Å². The van der Waals surface area contributed by atoms with Crippen molar-refractivity contribution in [3.05, 3.63) is 30.1 Å². The van der Waals surface area contributed by atoms with E-state index in [9.17, 15) is 9.18 Å². The van der Waals surface area contributed by atoms with Crippen molar-refractivity contribution in [2.45, 2.75) is 19.4 Å². The second-order valence-electron chi connectivity index (χ2n) is 3.35. The molecule has 1 aromatic carbocycles. The van der Waals surface area contributed by atoms with E-state index in [4.69, 9.17) is 5.11 Å². The highest BCUT2D eigenvalue weighted by molar-refractivity contribution is 5.77. The molecule has 0 radical (unpaired) electrons. The van der Waals surface area contributed by atoms with Crippen LogP contribution < -0.4 is 4.90 Å². The van der Waals surface area contributed by atoms with Crippen molar-refractivity contribution in [3.8, 4) is 0 Å². The summed E-state index contributed by atoms with van der Waals surface area (Å²) >= 11 is 0. The van der Waals surface area contributed by atoms with Gasteiger partial charge in [-0.3, -0.25) is 0 Å². The maximum absolute atomic E-state index is 12.7. The van der Waals surface area contributed by atoms with Crippen LogP contribution in [0.3, 0.4) is 0 Å².